The summed E-state index contributed by atoms with van der Waals surface area (Å²) in [5.41, 5.74) is 13.2. The minimum atomic E-state index is -3.90. The zero-order chi connectivity index (χ0) is 32.3. The molecule has 1 saturated heterocycles. The maximum Gasteiger partial charge on any atom is 0.459 e. The van der Waals surface area contributed by atoms with Gasteiger partial charge >= 0.3 is 19.9 Å². The van der Waals surface area contributed by atoms with E-state index < -0.39 is 50.1 Å². The number of ketones is 1. The number of carbonyl (C=O) groups is 2. The van der Waals surface area contributed by atoms with Crippen LogP contribution in [-0.2, 0) is 28.2 Å². The highest BCUT2D eigenvalue weighted by atomic mass is 31.2. The fourth-order valence-electron chi connectivity index (χ4n) is 3.93. The lowest BCUT2D eigenvalue weighted by atomic mass is 10.1. The van der Waals surface area contributed by atoms with Crippen molar-refractivity contribution in [3.8, 4) is 5.75 Å². The molecule has 6 N–H and O–H groups in total. The van der Waals surface area contributed by atoms with E-state index in [0.717, 1.165) is 6.21 Å². The number of hydrogen-bond acceptors (Lipinski definition) is 14. The van der Waals surface area contributed by atoms with Gasteiger partial charge in [-0.15, -0.1) is 0 Å². The number of Topliss-reactive ketones (excluding diaryl/α,β-unsaturated/α-hetero) is 1. The van der Waals surface area contributed by atoms with Crippen LogP contribution in [0.1, 0.15) is 39.8 Å². The van der Waals surface area contributed by atoms with Crippen molar-refractivity contribution in [3.63, 3.8) is 0 Å². The Bertz CT molecular complexity index is 1500. The molecular formula is C26H36N8O9P+. The summed E-state index contributed by atoms with van der Waals surface area (Å²) in [6.45, 7) is 5.14. The number of nitrogens with zero attached hydrogens (tertiary/aromatic N) is 5. The molecule has 1 aromatic carbocycles. The maximum atomic E-state index is 13.0. The molecule has 0 amide bonds. The normalized spacial score (nSPS) is 19.7. The van der Waals surface area contributed by atoms with Gasteiger partial charge in [-0.3, -0.25) is 18.7 Å². The van der Waals surface area contributed by atoms with Gasteiger partial charge < -0.3 is 29.9 Å². The highest BCUT2D eigenvalue weighted by Gasteiger charge is 2.37. The van der Waals surface area contributed by atoms with Crippen LogP contribution >= 0.6 is 7.75 Å². The average molecular weight is 636 g/mol. The number of para-hydroxylation sites is 1. The largest absolute Gasteiger partial charge is 0.462 e. The number of fused-ring (bicyclic) bond motifs is 1. The van der Waals surface area contributed by atoms with Crippen LogP contribution in [-0.4, -0.2) is 90.1 Å². The van der Waals surface area contributed by atoms with Crippen LogP contribution in [0.4, 0.5) is 5.82 Å². The lowest BCUT2D eigenvalue weighted by molar-refractivity contribution is -0.149. The van der Waals surface area contributed by atoms with Crippen molar-refractivity contribution in [1.82, 2.24) is 24.6 Å². The molecule has 3 aromatic rings. The summed E-state index contributed by atoms with van der Waals surface area (Å²) in [6, 6.07) is 7.28. The summed E-state index contributed by atoms with van der Waals surface area (Å²) in [4.78, 5) is 38.8. The van der Waals surface area contributed by atoms with E-state index in [-0.39, 0.29) is 31.9 Å². The minimum Gasteiger partial charge on any atom is -0.462 e. The lowest BCUT2D eigenvalue weighted by Crippen LogP contribution is -2.39. The number of aliphatic hydroxyl groups is 2. The fraction of sp³-hybridized carbons (Fsp3) is 0.462. The van der Waals surface area contributed by atoms with Crippen LogP contribution in [0.5, 0.6) is 5.75 Å². The molecule has 2 aromatic heterocycles. The summed E-state index contributed by atoms with van der Waals surface area (Å²) in [5, 5.41) is 21.8. The molecule has 0 bridgehead atoms. The highest BCUT2D eigenvalue weighted by molar-refractivity contribution is 7.52. The molecule has 0 spiro atoms. The van der Waals surface area contributed by atoms with Gasteiger partial charge in [-0.25, -0.2) is 19.5 Å². The second-order valence-electron chi connectivity index (χ2n) is 9.61. The molecule has 1 aliphatic heterocycles. The molecular weight excluding hydrogens is 599 g/mol. The van der Waals surface area contributed by atoms with E-state index in [1.165, 1.54) is 17.2 Å². The van der Waals surface area contributed by atoms with E-state index in [1.807, 2.05) is 0 Å². The zero-order valence-electron chi connectivity index (χ0n) is 24.3. The standard InChI is InChI=1S/C17H25N3O6P.C9H11N5O3/c1-4-24-27(23,26-15-8-6-5-7-9-15)20-16(17(22)25-13(2)3)11-10-14(21)12-19-18;10-7-5-8(12-2-11-7)14(3-13-5)9-6(16)4(15)1-17-9/h5-9,12-13,16,18H,4,10-11H2,1-3H3,(H,20,23);2-4,6,9,15-16H,1H2,(H2,10,11,12)/q+1;/t16-,27?;4?,6-,9+/m00/s1. The van der Waals surface area contributed by atoms with Crippen molar-refractivity contribution in [2.45, 2.75) is 64.2 Å². The number of esters is 1. The molecule has 1 aliphatic rings. The molecule has 44 heavy (non-hydrogen) atoms. The maximum absolute atomic E-state index is 13.0. The van der Waals surface area contributed by atoms with Crippen molar-refractivity contribution in [2.24, 2.45) is 0 Å². The smallest absolute Gasteiger partial charge is 0.459 e. The first-order valence-electron chi connectivity index (χ1n) is 13.6. The van der Waals surface area contributed by atoms with Gasteiger partial charge in [0.1, 0.15) is 35.8 Å². The number of nitrogens with two attached hydrogens (primary N) is 1. The van der Waals surface area contributed by atoms with Gasteiger partial charge in [-0.05, 0) is 39.3 Å². The van der Waals surface area contributed by atoms with Gasteiger partial charge in [-0.2, -0.15) is 5.09 Å². The molecule has 0 radical (unpaired) electrons. The molecule has 3 heterocycles. The van der Waals surface area contributed by atoms with Gasteiger partial charge in [0.25, 0.3) is 0 Å². The summed E-state index contributed by atoms with van der Waals surface area (Å²) >= 11 is 0. The fourth-order valence-corrected chi connectivity index (χ4v) is 5.46. The Morgan fingerprint density at radius 1 is 1.27 bits per heavy atom. The first-order chi connectivity index (χ1) is 21.0. The van der Waals surface area contributed by atoms with Gasteiger partial charge in [0.2, 0.25) is 5.78 Å². The van der Waals surface area contributed by atoms with Gasteiger partial charge in [0.15, 0.2) is 17.7 Å². The molecule has 4 rings (SSSR count). The Hall–Kier alpha value is -4.08. The Morgan fingerprint density at radius 3 is 2.61 bits per heavy atom. The summed E-state index contributed by atoms with van der Waals surface area (Å²) < 4.78 is 35.7. The second-order valence-corrected chi connectivity index (χ2v) is 11.3. The molecule has 0 aliphatic carbocycles. The number of carbonyl (C=O) groups excluding carboxylic acids is 2. The number of nitrogen functional groups attached to an aromatic ring is 1. The number of nitrogens with one attached hydrogen (secondary N) is 2. The van der Waals surface area contributed by atoms with Gasteiger partial charge in [-0.1, -0.05) is 18.2 Å². The van der Waals surface area contributed by atoms with E-state index in [9.17, 15) is 24.4 Å². The average Bonchev–Trinajstić information content (AvgIpc) is 3.55. The van der Waals surface area contributed by atoms with Crippen molar-refractivity contribution in [3.05, 3.63) is 43.0 Å². The first kappa shape index (κ1) is 34.4. The van der Waals surface area contributed by atoms with Crippen LogP contribution in [0.3, 0.4) is 0 Å². The third kappa shape index (κ3) is 9.46. The summed E-state index contributed by atoms with van der Waals surface area (Å²) in [5.74, 6) is -0.557. The molecule has 0 saturated carbocycles. The van der Waals surface area contributed by atoms with Crippen LogP contribution in [0, 0.1) is 5.53 Å². The molecule has 18 heteroatoms. The Kier molecular flexibility index (Phi) is 12.6. The Balaban J connectivity index is 0.000000264. The predicted octanol–water partition coefficient (Wildman–Crippen LogP) is 1.44. The minimum absolute atomic E-state index is 0.0222. The first-order valence-corrected chi connectivity index (χ1v) is 15.1. The Labute approximate surface area is 252 Å². The zero-order valence-corrected chi connectivity index (χ0v) is 25.2. The lowest BCUT2D eigenvalue weighted by Gasteiger charge is -2.24. The number of ether oxygens (including phenoxy) is 2. The molecule has 2 unspecified atom stereocenters. The van der Waals surface area contributed by atoms with Crippen LogP contribution < -0.4 is 15.3 Å². The SMILES string of the molecule is CCOP(=O)(N[C@@H](CCC(=O)C=[N+]=N)C(=O)OC(C)C)Oc1ccccc1.Nc1ncnc2c1ncn2[C@@H]1OCC(O)[C@@H]1O. The van der Waals surface area contributed by atoms with Crippen molar-refractivity contribution >= 4 is 42.7 Å². The molecule has 1 fully saturated rings. The van der Waals surface area contributed by atoms with Crippen LogP contribution in [0.15, 0.2) is 43.0 Å². The number of rotatable bonds is 13. The van der Waals surface area contributed by atoms with E-state index in [4.69, 9.17) is 29.8 Å². The molecule has 17 nitrogen and oxygen atoms in total. The van der Waals surface area contributed by atoms with Crippen molar-refractivity contribution in [1.29, 1.82) is 5.53 Å². The second kappa shape index (κ2) is 16.1. The summed E-state index contributed by atoms with van der Waals surface area (Å²) in [6.07, 6.45) is 0.484. The molecule has 238 valence electrons. The Morgan fingerprint density at radius 2 is 2.00 bits per heavy atom. The number of benzene rings is 1. The van der Waals surface area contributed by atoms with Gasteiger partial charge in [0.05, 0.1) is 36.0 Å². The topological polar surface area (TPSA) is 248 Å². The van der Waals surface area contributed by atoms with Crippen LogP contribution in [0.2, 0.25) is 0 Å². The van der Waals surface area contributed by atoms with E-state index in [2.05, 4.69) is 24.8 Å². The number of imidazole rings is 1. The third-order valence-corrected chi connectivity index (χ3v) is 7.57. The third-order valence-electron chi connectivity index (χ3n) is 5.89. The summed E-state index contributed by atoms with van der Waals surface area (Å²) in [7, 11) is -3.90. The van der Waals surface area contributed by atoms with Crippen LogP contribution in [0.25, 0.3) is 11.2 Å². The number of aromatic nitrogens is 4. The van der Waals surface area contributed by atoms with Gasteiger partial charge in [0, 0.05) is 6.42 Å². The van der Waals surface area contributed by atoms with Crippen molar-refractivity contribution in [2.75, 3.05) is 18.9 Å². The number of anilines is 1. The quantitative estimate of drug-likeness (QED) is 0.0586. The van der Waals surface area contributed by atoms with Crippen molar-refractivity contribution < 1.29 is 47.7 Å². The highest BCUT2D eigenvalue weighted by Crippen LogP contribution is 2.45. The van der Waals surface area contributed by atoms with E-state index in [1.54, 1.807) is 51.1 Å². The predicted molar refractivity (Wildman–Crippen MR) is 154 cm³/mol. The van der Waals surface area contributed by atoms with E-state index >= 15 is 0 Å². The molecule has 5 atom stereocenters. The van der Waals surface area contributed by atoms with E-state index in [0.29, 0.717) is 16.9 Å². The number of hydrogen-bond donors (Lipinski definition) is 5. The monoisotopic (exact) mass is 635 g/mol. The number of aliphatic hydroxyl groups excluding tert-OH is 2.